The third-order valence-electron chi connectivity index (χ3n) is 5.79. The minimum atomic E-state index is -0.0349. The first-order valence-corrected chi connectivity index (χ1v) is 9.83. The summed E-state index contributed by atoms with van der Waals surface area (Å²) in [6, 6.07) is 3.66. The molecule has 2 saturated heterocycles. The molecule has 2 aliphatic heterocycles. The standard InChI is InChI=1S/C20H28N4O2/c1-15-3-6-17(11-21-15)19(25)24-13-18(14-24)20(26)23-8-2-7-22(9-10-23)12-16-4-5-16/h3,6,11,16,18H,2,4-5,7-10,12-14H2,1H3. The smallest absolute Gasteiger partial charge is 0.255 e. The number of amides is 2. The molecule has 1 aromatic heterocycles. The molecule has 0 unspecified atom stereocenters. The Morgan fingerprint density at radius 2 is 1.88 bits per heavy atom. The Kier molecular flexibility index (Phi) is 4.94. The van der Waals surface area contributed by atoms with E-state index in [1.54, 1.807) is 11.1 Å². The van der Waals surface area contributed by atoms with Crippen molar-refractivity contribution < 1.29 is 9.59 Å². The van der Waals surface area contributed by atoms with Gasteiger partial charge in [0.1, 0.15) is 0 Å². The Labute approximate surface area is 155 Å². The fourth-order valence-corrected chi connectivity index (χ4v) is 3.88. The maximum atomic E-state index is 12.8. The highest BCUT2D eigenvalue weighted by Gasteiger charge is 2.38. The highest BCUT2D eigenvalue weighted by molar-refractivity contribution is 5.95. The van der Waals surface area contributed by atoms with Gasteiger partial charge in [0.2, 0.25) is 5.91 Å². The Hall–Kier alpha value is -1.95. The number of aromatic nitrogens is 1. The Morgan fingerprint density at radius 1 is 1.08 bits per heavy atom. The number of pyridine rings is 1. The van der Waals surface area contributed by atoms with Gasteiger partial charge < -0.3 is 14.7 Å². The summed E-state index contributed by atoms with van der Waals surface area (Å²) in [6.45, 7) is 7.96. The monoisotopic (exact) mass is 356 g/mol. The number of likely N-dealkylation sites (tertiary alicyclic amines) is 1. The minimum Gasteiger partial charge on any atom is -0.341 e. The van der Waals surface area contributed by atoms with Gasteiger partial charge in [-0.25, -0.2) is 0 Å². The summed E-state index contributed by atoms with van der Waals surface area (Å²) in [5, 5.41) is 0. The number of hydrogen-bond acceptors (Lipinski definition) is 4. The van der Waals surface area contributed by atoms with Gasteiger partial charge in [-0.15, -0.1) is 0 Å². The van der Waals surface area contributed by atoms with E-state index in [9.17, 15) is 9.59 Å². The van der Waals surface area contributed by atoms with Gasteiger partial charge in [0.05, 0.1) is 11.5 Å². The van der Waals surface area contributed by atoms with Crippen LogP contribution in [0.15, 0.2) is 18.3 Å². The van der Waals surface area contributed by atoms with Crippen molar-refractivity contribution in [3.63, 3.8) is 0 Å². The SMILES string of the molecule is Cc1ccc(C(=O)N2CC(C(=O)N3CCCN(CC4CC4)CC3)C2)cn1. The van der Waals surface area contributed by atoms with Crippen molar-refractivity contribution in [3.05, 3.63) is 29.6 Å². The van der Waals surface area contributed by atoms with Gasteiger partial charge in [-0.3, -0.25) is 14.6 Å². The maximum absolute atomic E-state index is 12.8. The van der Waals surface area contributed by atoms with Crippen LogP contribution in [0.5, 0.6) is 0 Å². The molecule has 1 saturated carbocycles. The normalized spacial score (nSPS) is 22.0. The topological polar surface area (TPSA) is 56.8 Å². The van der Waals surface area contributed by atoms with Gasteiger partial charge in [0, 0.05) is 51.2 Å². The molecule has 6 nitrogen and oxygen atoms in total. The highest BCUT2D eigenvalue weighted by atomic mass is 16.2. The summed E-state index contributed by atoms with van der Waals surface area (Å²) in [5.41, 5.74) is 1.50. The minimum absolute atomic E-state index is 0.0203. The van der Waals surface area contributed by atoms with Crippen molar-refractivity contribution in [1.29, 1.82) is 0 Å². The van der Waals surface area contributed by atoms with E-state index in [-0.39, 0.29) is 17.7 Å². The lowest BCUT2D eigenvalue weighted by molar-refractivity contribution is -0.139. The van der Waals surface area contributed by atoms with Crippen LogP contribution in [0, 0.1) is 18.8 Å². The Bertz CT molecular complexity index is 665. The molecule has 3 aliphatic rings. The van der Waals surface area contributed by atoms with E-state index in [1.165, 1.54) is 19.4 Å². The second-order valence-corrected chi connectivity index (χ2v) is 8.02. The summed E-state index contributed by atoms with van der Waals surface area (Å²) >= 11 is 0. The molecule has 0 aromatic carbocycles. The van der Waals surface area contributed by atoms with Crippen LogP contribution in [0.3, 0.4) is 0 Å². The third-order valence-corrected chi connectivity index (χ3v) is 5.79. The molecule has 6 heteroatoms. The van der Waals surface area contributed by atoms with Crippen LogP contribution < -0.4 is 0 Å². The number of carbonyl (C=O) groups excluding carboxylic acids is 2. The van der Waals surface area contributed by atoms with Crippen LogP contribution in [0.4, 0.5) is 0 Å². The van der Waals surface area contributed by atoms with E-state index < -0.39 is 0 Å². The molecule has 1 aliphatic carbocycles. The molecular formula is C20H28N4O2. The molecule has 1 aromatic rings. The molecule has 2 amide bonds. The number of rotatable bonds is 4. The zero-order chi connectivity index (χ0) is 18.1. The zero-order valence-corrected chi connectivity index (χ0v) is 15.6. The van der Waals surface area contributed by atoms with Gasteiger partial charge >= 0.3 is 0 Å². The Morgan fingerprint density at radius 3 is 2.58 bits per heavy atom. The van der Waals surface area contributed by atoms with E-state index in [1.807, 2.05) is 24.0 Å². The maximum Gasteiger partial charge on any atom is 0.255 e. The lowest BCUT2D eigenvalue weighted by atomic mass is 9.97. The largest absolute Gasteiger partial charge is 0.341 e. The number of hydrogen-bond donors (Lipinski definition) is 0. The van der Waals surface area contributed by atoms with Crippen LogP contribution >= 0.6 is 0 Å². The average molecular weight is 356 g/mol. The van der Waals surface area contributed by atoms with Gasteiger partial charge in [0.15, 0.2) is 0 Å². The summed E-state index contributed by atoms with van der Waals surface area (Å²) in [7, 11) is 0. The summed E-state index contributed by atoms with van der Waals surface area (Å²) in [4.78, 5) is 35.7. The fourth-order valence-electron chi connectivity index (χ4n) is 3.88. The lowest BCUT2D eigenvalue weighted by Gasteiger charge is -2.40. The Balaban J connectivity index is 1.26. The molecule has 0 atom stereocenters. The van der Waals surface area contributed by atoms with E-state index in [2.05, 4.69) is 9.88 Å². The van der Waals surface area contributed by atoms with Crippen LogP contribution in [0.25, 0.3) is 0 Å². The number of carbonyl (C=O) groups is 2. The van der Waals surface area contributed by atoms with Crippen molar-refractivity contribution >= 4 is 11.8 Å². The average Bonchev–Trinajstić information content (AvgIpc) is 3.42. The van der Waals surface area contributed by atoms with E-state index in [0.717, 1.165) is 44.2 Å². The van der Waals surface area contributed by atoms with Crippen LogP contribution in [0.1, 0.15) is 35.3 Å². The molecule has 0 bridgehead atoms. The third kappa shape index (κ3) is 3.90. The van der Waals surface area contributed by atoms with E-state index >= 15 is 0 Å². The van der Waals surface area contributed by atoms with Gasteiger partial charge in [-0.05, 0) is 50.8 Å². The molecule has 3 fully saturated rings. The van der Waals surface area contributed by atoms with Gasteiger partial charge in [0.25, 0.3) is 5.91 Å². The van der Waals surface area contributed by atoms with Crippen LogP contribution in [-0.2, 0) is 4.79 Å². The van der Waals surface area contributed by atoms with Crippen molar-refractivity contribution in [2.75, 3.05) is 45.8 Å². The molecule has 0 N–H and O–H groups in total. The fraction of sp³-hybridized carbons (Fsp3) is 0.650. The predicted octanol–water partition coefficient (Wildman–Crippen LogP) is 1.41. The summed E-state index contributed by atoms with van der Waals surface area (Å²) in [6.07, 6.45) is 5.43. The first-order valence-electron chi connectivity index (χ1n) is 9.83. The molecular weight excluding hydrogens is 328 g/mol. The van der Waals surface area contributed by atoms with E-state index in [4.69, 9.17) is 0 Å². The lowest BCUT2D eigenvalue weighted by Crippen LogP contribution is -2.56. The number of aryl methyl sites for hydroxylation is 1. The molecule has 0 spiro atoms. The number of nitrogens with zero attached hydrogens (tertiary/aromatic N) is 4. The van der Waals surface area contributed by atoms with Crippen molar-refractivity contribution in [3.8, 4) is 0 Å². The van der Waals surface area contributed by atoms with Crippen molar-refractivity contribution in [1.82, 2.24) is 19.7 Å². The quantitative estimate of drug-likeness (QED) is 0.818. The molecule has 4 rings (SSSR count). The van der Waals surface area contributed by atoms with E-state index in [0.29, 0.717) is 18.7 Å². The van der Waals surface area contributed by atoms with Crippen molar-refractivity contribution in [2.45, 2.75) is 26.2 Å². The summed E-state index contributed by atoms with van der Waals surface area (Å²) in [5.74, 6) is 1.07. The zero-order valence-electron chi connectivity index (χ0n) is 15.6. The first kappa shape index (κ1) is 17.5. The van der Waals surface area contributed by atoms with Gasteiger partial charge in [-0.2, -0.15) is 0 Å². The summed E-state index contributed by atoms with van der Waals surface area (Å²) < 4.78 is 0. The second-order valence-electron chi connectivity index (χ2n) is 8.02. The first-order chi connectivity index (χ1) is 12.6. The van der Waals surface area contributed by atoms with Crippen LogP contribution in [-0.4, -0.2) is 77.3 Å². The molecule has 26 heavy (non-hydrogen) atoms. The predicted molar refractivity (Wildman–Crippen MR) is 98.7 cm³/mol. The van der Waals surface area contributed by atoms with Crippen molar-refractivity contribution in [2.24, 2.45) is 11.8 Å². The highest BCUT2D eigenvalue weighted by Crippen LogP contribution is 2.30. The molecule has 3 heterocycles. The second kappa shape index (κ2) is 7.35. The molecule has 0 radical (unpaired) electrons. The van der Waals surface area contributed by atoms with Gasteiger partial charge in [-0.1, -0.05) is 0 Å². The van der Waals surface area contributed by atoms with Crippen LogP contribution in [0.2, 0.25) is 0 Å². The molecule has 140 valence electrons.